The number of rotatable bonds is 4. The third kappa shape index (κ3) is 4.34. The molecule has 2 amide bonds. The average molecular weight is 394 g/mol. The number of methoxy groups -OCH3 is 1. The fraction of sp³-hybridized carbons (Fsp3) is 0.227. The summed E-state index contributed by atoms with van der Waals surface area (Å²) in [5.41, 5.74) is 3.51. The molecule has 144 valence electrons. The maximum Gasteiger partial charge on any atom is 0.279 e. The van der Waals surface area contributed by atoms with Crippen LogP contribution in [0.2, 0.25) is 0 Å². The van der Waals surface area contributed by atoms with Gasteiger partial charge in [-0.2, -0.15) is 4.99 Å². The minimum Gasteiger partial charge on any atom is -0.496 e. The van der Waals surface area contributed by atoms with Crippen LogP contribution in [0.15, 0.2) is 52.4 Å². The van der Waals surface area contributed by atoms with Gasteiger partial charge in [0.15, 0.2) is 5.17 Å². The lowest BCUT2D eigenvalue weighted by atomic mass is 9.96. The Labute approximate surface area is 168 Å². The van der Waals surface area contributed by atoms with E-state index in [4.69, 9.17) is 4.74 Å². The van der Waals surface area contributed by atoms with Crippen molar-refractivity contribution < 1.29 is 14.3 Å². The molecule has 1 fully saturated rings. The van der Waals surface area contributed by atoms with Crippen LogP contribution in [0.1, 0.15) is 46.8 Å². The van der Waals surface area contributed by atoms with Gasteiger partial charge >= 0.3 is 0 Å². The van der Waals surface area contributed by atoms with Gasteiger partial charge in [0.2, 0.25) is 0 Å². The van der Waals surface area contributed by atoms with Gasteiger partial charge in [-0.15, -0.1) is 0 Å². The van der Waals surface area contributed by atoms with Crippen molar-refractivity contribution in [2.24, 2.45) is 4.99 Å². The predicted molar refractivity (Wildman–Crippen MR) is 114 cm³/mol. The van der Waals surface area contributed by atoms with Crippen LogP contribution >= 0.6 is 11.8 Å². The van der Waals surface area contributed by atoms with Crippen molar-refractivity contribution >= 4 is 34.8 Å². The van der Waals surface area contributed by atoms with Gasteiger partial charge in [0.25, 0.3) is 11.8 Å². The van der Waals surface area contributed by atoms with Crippen molar-refractivity contribution in [2.75, 3.05) is 7.11 Å². The Hall–Kier alpha value is -2.86. The van der Waals surface area contributed by atoms with Crippen molar-refractivity contribution in [2.45, 2.75) is 26.7 Å². The average Bonchev–Trinajstić information content (AvgIpc) is 3.02. The van der Waals surface area contributed by atoms with Crippen molar-refractivity contribution in [1.29, 1.82) is 0 Å². The molecule has 0 spiro atoms. The maximum absolute atomic E-state index is 12.3. The van der Waals surface area contributed by atoms with Gasteiger partial charge in [-0.1, -0.05) is 32.0 Å². The molecule has 0 bridgehead atoms. The molecule has 2 aromatic rings. The van der Waals surface area contributed by atoms with E-state index in [0.29, 0.717) is 21.6 Å². The molecule has 0 unspecified atom stereocenters. The van der Waals surface area contributed by atoms with E-state index in [1.807, 2.05) is 31.2 Å². The first-order chi connectivity index (χ1) is 13.4. The molecule has 1 aliphatic heterocycles. The second-order valence-corrected chi connectivity index (χ2v) is 7.79. The van der Waals surface area contributed by atoms with Crippen LogP contribution in [-0.2, 0) is 4.79 Å². The van der Waals surface area contributed by atoms with E-state index in [-0.39, 0.29) is 11.8 Å². The number of nitrogens with one attached hydrogen (secondary N) is 1. The fourth-order valence-electron chi connectivity index (χ4n) is 2.86. The normalized spacial score (nSPS) is 16.7. The number of carbonyl (C=O) groups excluding carboxylic acids is 2. The molecule has 1 heterocycles. The van der Waals surface area contributed by atoms with E-state index >= 15 is 0 Å². The highest BCUT2D eigenvalue weighted by atomic mass is 32.2. The van der Waals surface area contributed by atoms with Crippen molar-refractivity contribution in [3.8, 4) is 5.75 Å². The third-order valence-electron chi connectivity index (χ3n) is 4.40. The lowest BCUT2D eigenvalue weighted by molar-refractivity contribution is -0.115. The quantitative estimate of drug-likeness (QED) is 0.774. The van der Waals surface area contributed by atoms with Crippen LogP contribution in [0.3, 0.4) is 0 Å². The van der Waals surface area contributed by atoms with Crippen molar-refractivity contribution in [1.82, 2.24) is 5.32 Å². The van der Waals surface area contributed by atoms with Gasteiger partial charge in [-0.05, 0) is 71.6 Å². The maximum atomic E-state index is 12.3. The SMILES string of the molecule is COc1cc(C)c(/C=C2\SC(=NC(=O)c3ccccc3)NC2=O)cc1C(C)C. The second kappa shape index (κ2) is 8.44. The topological polar surface area (TPSA) is 67.8 Å². The highest BCUT2D eigenvalue weighted by molar-refractivity contribution is 8.18. The van der Waals surface area contributed by atoms with E-state index < -0.39 is 0 Å². The number of aryl methyl sites for hydroxylation is 1. The number of carbonyl (C=O) groups is 2. The monoisotopic (exact) mass is 394 g/mol. The Balaban J connectivity index is 1.88. The van der Waals surface area contributed by atoms with Crippen LogP contribution in [-0.4, -0.2) is 24.1 Å². The third-order valence-corrected chi connectivity index (χ3v) is 5.31. The van der Waals surface area contributed by atoms with Gasteiger partial charge in [-0.3, -0.25) is 9.59 Å². The molecular formula is C22H22N2O3S. The smallest absolute Gasteiger partial charge is 0.279 e. The van der Waals surface area contributed by atoms with Gasteiger partial charge in [0, 0.05) is 5.56 Å². The van der Waals surface area contributed by atoms with E-state index in [0.717, 1.165) is 22.4 Å². The Morgan fingerprint density at radius 1 is 1.21 bits per heavy atom. The summed E-state index contributed by atoms with van der Waals surface area (Å²) in [6.45, 7) is 6.17. The standard InChI is InChI=1S/C22H22N2O3S/c1-13(2)17-11-16(14(3)10-18(17)27-4)12-19-21(26)24-22(28-19)23-20(25)15-8-6-5-7-9-15/h5-13H,1-4H3,(H,23,24,25,26)/b19-12-. The zero-order valence-electron chi connectivity index (χ0n) is 16.3. The Morgan fingerprint density at radius 3 is 2.57 bits per heavy atom. The first kappa shape index (κ1) is 19.9. The molecular weight excluding hydrogens is 372 g/mol. The second-order valence-electron chi connectivity index (χ2n) is 6.76. The summed E-state index contributed by atoms with van der Waals surface area (Å²) >= 11 is 1.17. The molecule has 1 saturated heterocycles. The minimum atomic E-state index is -0.382. The zero-order valence-corrected chi connectivity index (χ0v) is 17.1. The summed E-state index contributed by atoms with van der Waals surface area (Å²) in [5.74, 6) is 0.491. The molecule has 0 aromatic heterocycles. The van der Waals surface area contributed by atoms with Gasteiger partial charge in [0.1, 0.15) is 5.75 Å². The molecule has 1 aliphatic rings. The molecule has 0 aliphatic carbocycles. The number of hydrogen-bond donors (Lipinski definition) is 1. The number of ether oxygens (including phenoxy) is 1. The minimum absolute atomic E-state index is 0.258. The van der Waals surface area contributed by atoms with Gasteiger partial charge < -0.3 is 10.1 Å². The summed E-state index contributed by atoms with van der Waals surface area (Å²) in [4.78, 5) is 29.1. The summed E-state index contributed by atoms with van der Waals surface area (Å²) in [6, 6.07) is 12.8. The zero-order chi connectivity index (χ0) is 20.3. The van der Waals surface area contributed by atoms with E-state index in [1.54, 1.807) is 31.4 Å². The summed E-state index contributed by atoms with van der Waals surface area (Å²) in [5, 5.41) is 2.96. The van der Waals surface area contributed by atoms with Crippen LogP contribution in [0.25, 0.3) is 6.08 Å². The van der Waals surface area contributed by atoms with E-state index in [2.05, 4.69) is 24.2 Å². The van der Waals surface area contributed by atoms with Crippen LogP contribution in [0.5, 0.6) is 5.75 Å². The van der Waals surface area contributed by atoms with Crippen molar-refractivity contribution in [3.05, 3.63) is 69.6 Å². The summed E-state index contributed by atoms with van der Waals surface area (Å²) < 4.78 is 5.47. The van der Waals surface area contributed by atoms with Crippen molar-refractivity contribution in [3.63, 3.8) is 0 Å². The largest absolute Gasteiger partial charge is 0.496 e. The Morgan fingerprint density at radius 2 is 1.93 bits per heavy atom. The Kier molecular flexibility index (Phi) is 5.99. The number of aliphatic imine (C=N–C) groups is 1. The summed E-state index contributed by atoms with van der Waals surface area (Å²) in [7, 11) is 1.66. The fourth-order valence-corrected chi connectivity index (χ4v) is 3.67. The molecule has 28 heavy (non-hydrogen) atoms. The molecule has 2 aromatic carbocycles. The van der Waals surface area contributed by atoms with E-state index in [9.17, 15) is 9.59 Å². The van der Waals surface area contributed by atoms with Crippen LogP contribution < -0.4 is 10.1 Å². The molecule has 5 nitrogen and oxygen atoms in total. The number of amides is 2. The number of hydrogen-bond acceptors (Lipinski definition) is 4. The first-order valence-electron chi connectivity index (χ1n) is 8.96. The van der Waals surface area contributed by atoms with E-state index in [1.165, 1.54) is 11.8 Å². The highest BCUT2D eigenvalue weighted by Gasteiger charge is 2.25. The number of thioether (sulfide) groups is 1. The lowest BCUT2D eigenvalue weighted by Gasteiger charge is -2.14. The molecule has 0 saturated carbocycles. The molecule has 3 rings (SSSR count). The highest BCUT2D eigenvalue weighted by Crippen LogP contribution is 2.33. The summed E-state index contributed by atoms with van der Waals surface area (Å²) in [6.07, 6.45) is 1.83. The van der Waals surface area contributed by atoms with Gasteiger partial charge in [0.05, 0.1) is 12.0 Å². The Bertz CT molecular complexity index is 979. The number of nitrogens with zero attached hydrogens (tertiary/aromatic N) is 1. The number of benzene rings is 2. The van der Waals surface area contributed by atoms with Crippen LogP contribution in [0, 0.1) is 6.92 Å². The first-order valence-corrected chi connectivity index (χ1v) is 9.78. The van der Waals surface area contributed by atoms with Crippen LogP contribution in [0.4, 0.5) is 0 Å². The molecule has 6 heteroatoms. The van der Waals surface area contributed by atoms with Gasteiger partial charge in [-0.25, -0.2) is 0 Å². The molecule has 0 radical (unpaired) electrons. The predicted octanol–water partition coefficient (Wildman–Crippen LogP) is 4.53. The lowest BCUT2D eigenvalue weighted by Crippen LogP contribution is -2.20. The molecule has 1 N–H and O–H groups in total. The number of amidine groups is 1. The molecule has 0 atom stereocenters.